The van der Waals surface area contributed by atoms with E-state index in [0.717, 1.165) is 0 Å². The summed E-state index contributed by atoms with van der Waals surface area (Å²) in [5.41, 5.74) is 5.42. The van der Waals surface area contributed by atoms with E-state index < -0.39 is 0 Å². The van der Waals surface area contributed by atoms with E-state index in [0.29, 0.717) is 0 Å². The van der Waals surface area contributed by atoms with Crippen LogP contribution in [0.15, 0.2) is 34.1 Å². The first-order chi connectivity index (χ1) is 8.88. The summed E-state index contributed by atoms with van der Waals surface area (Å²) in [7, 11) is 0. The second-order valence-corrected chi connectivity index (χ2v) is 8.24. The number of halogens is 2. The number of hydrogen-bond acceptors (Lipinski definition) is 1. The lowest BCUT2D eigenvalue weighted by Gasteiger charge is -2.12. The molecule has 0 aromatic heterocycles. The standard InChI is InChI=1S/C16H16I2S/c1-9-7-15(11(3)5-13(9)17)19-16-8-10(2)14(18)6-12(16)4/h5-8H,1-4H3. The number of hydrogen-bond donors (Lipinski definition) is 0. The number of benzene rings is 2. The smallest absolute Gasteiger partial charge is 0.0162 e. The summed E-state index contributed by atoms with van der Waals surface area (Å²) in [6, 6.07) is 9.14. The van der Waals surface area contributed by atoms with Crippen LogP contribution in [0, 0.1) is 34.8 Å². The summed E-state index contributed by atoms with van der Waals surface area (Å²) in [5.74, 6) is 0. The summed E-state index contributed by atoms with van der Waals surface area (Å²) < 4.78 is 2.69. The minimum Gasteiger partial charge on any atom is -0.0895 e. The van der Waals surface area contributed by atoms with Crippen LogP contribution >= 0.6 is 56.9 Å². The van der Waals surface area contributed by atoms with Gasteiger partial charge in [0.1, 0.15) is 0 Å². The summed E-state index contributed by atoms with van der Waals surface area (Å²) in [4.78, 5) is 2.73. The maximum absolute atomic E-state index is 2.40. The Morgan fingerprint density at radius 2 is 1.00 bits per heavy atom. The molecule has 19 heavy (non-hydrogen) atoms. The molecular formula is C16H16I2S. The minimum absolute atomic E-state index is 1.34. The fourth-order valence-corrected chi connectivity index (χ4v) is 4.24. The third-order valence-corrected chi connectivity index (χ3v) is 6.78. The van der Waals surface area contributed by atoms with Gasteiger partial charge in [-0.2, -0.15) is 0 Å². The van der Waals surface area contributed by atoms with Gasteiger partial charge in [0, 0.05) is 16.9 Å². The Balaban J connectivity index is 2.42. The van der Waals surface area contributed by atoms with Crippen molar-refractivity contribution < 1.29 is 0 Å². The lowest BCUT2D eigenvalue weighted by Crippen LogP contribution is -1.90. The van der Waals surface area contributed by atoms with Gasteiger partial charge in [0.05, 0.1) is 0 Å². The van der Waals surface area contributed by atoms with Crippen molar-refractivity contribution in [2.45, 2.75) is 37.5 Å². The Morgan fingerprint density at radius 3 is 1.37 bits per heavy atom. The van der Waals surface area contributed by atoms with Gasteiger partial charge in [-0.25, -0.2) is 0 Å². The van der Waals surface area contributed by atoms with Crippen molar-refractivity contribution in [3.63, 3.8) is 0 Å². The Bertz CT molecular complexity index is 578. The highest BCUT2D eigenvalue weighted by Crippen LogP contribution is 2.35. The zero-order chi connectivity index (χ0) is 14.2. The van der Waals surface area contributed by atoms with Gasteiger partial charge >= 0.3 is 0 Å². The summed E-state index contributed by atoms with van der Waals surface area (Å²) >= 11 is 6.69. The third-order valence-electron chi connectivity index (χ3n) is 3.13. The summed E-state index contributed by atoms with van der Waals surface area (Å²) in [6.07, 6.45) is 0. The highest BCUT2D eigenvalue weighted by atomic mass is 127. The molecule has 0 unspecified atom stereocenters. The van der Waals surface area contributed by atoms with Crippen LogP contribution in [-0.2, 0) is 0 Å². The SMILES string of the molecule is Cc1cc(Sc2cc(C)c(I)cc2C)c(C)cc1I. The van der Waals surface area contributed by atoms with Crippen LogP contribution < -0.4 is 0 Å². The van der Waals surface area contributed by atoms with Crippen LogP contribution in [0.1, 0.15) is 22.3 Å². The van der Waals surface area contributed by atoms with Crippen LogP contribution in [0.3, 0.4) is 0 Å². The van der Waals surface area contributed by atoms with Gasteiger partial charge in [-0.1, -0.05) is 11.8 Å². The first-order valence-corrected chi connectivity index (χ1v) is 9.07. The fourth-order valence-electron chi connectivity index (χ4n) is 1.85. The van der Waals surface area contributed by atoms with Crippen molar-refractivity contribution in [1.82, 2.24) is 0 Å². The van der Waals surface area contributed by atoms with Gasteiger partial charge in [-0.15, -0.1) is 0 Å². The predicted octanol–water partition coefficient (Wildman–Crippen LogP) is 6.28. The van der Waals surface area contributed by atoms with E-state index in [1.807, 2.05) is 11.8 Å². The van der Waals surface area contributed by atoms with E-state index >= 15 is 0 Å². The normalized spacial score (nSPS) is 10.8. The lowest BCUT2D eigenvalue weighted by molar-refractivity contribution is 1.21. The monoisotopic (exact) mass is 494 g/mol. The van der Waals surface area contributed by atoms with Gasteiger partial charge in [0.2, 0.25) is 0 Å². The van der Waals surface area contributed by atoms with Crippen LogP contribution in [0.4, 0.5) is 0 Å². The maximum Gasteiger partial charge on any atom is 0.0162 e. The molecule has 0 nitrogen and oxygen atoms in total. The molecular weight excluding hydrogens is 478 g/mol. The molecule has 0 radical (unpaired) electrons. The van der Waals surface area contributed by atoms with E-state index in [1.165, 1.54) is 39.2 Å². The van der Waals surface area contributed by atoms with Crippen molar-refractivity contribution in [1.29, 1.82) is 0 Å². The third kappa shape index (κ3) is 3.67. The molecule has 0 aliphatic rings. The number of rotatable bonds is 2. The highest BCUT2D eigenvalue weighted by molar-refractivity contribution is 14.1. The molecule has 2 aromatic rings. The van der Waals surface area contributed by atoms with Crippen LogP contribution in [0.2, 0.25) is 0 Å². The van der Waals surface area contributed by atoms with E-state index in [4.69, 9.17) is 0 Å². The van der Waals surface area contributed by atoms with Crippen molar-refractivity contribution in [3.05, 3.63) is 53.7 Å². The first-order valence-electron chi connectivity index (χ1n) is 6.10. The van der Waals surface area contributed by atoms with Crippen LogP contribution in [-0.4, -0.2) is 0 Å². The minimum atomic E-state index is 1.34. The average Bonchev–Trinajstić information content (AvgIpc) is 2.32. The zero-order valence-electron chi connectivity index (χ0n) is 11.5. The fraction of sp³-hybridized carbons (Fsp3) is 0.250. The van der Waals surface area contributed by atoms with Crippen LogP contribution in [0.25, 0.3) is 0 Å². The summed E-state index contributed by atoms with van der Waals surface area (Å²) in [5, 5.41) is 0. The molecule has 2 rings (SSSR count). The summed E-state index contributed by atoms with van der Waals surface area (Å²) in [6.45, 7) is 8.74. The van der Waals surface area contributed by atoms with E-state index in [-0.39, 0.29) is 0 Å². The highest BCUT2D eigenvalue weighted by Gasteiger charge is 2.08. The Kier molecular flexibility index (Phi) is 5.22. The zero-order valence-corrected chi connectivity index (χ0v) is 16.6. The molecule has 0 aliphatic heterocycles. The van der Waals surface area contributed by atoms with E-state index in [2.05, 4.69) is 97.1 Å². The van der Waals surface area contributed by atoms with Gasteiger partial charge in [0.25, 0.3) is 0 Å². The molecule has 100 valence electrons. The molecule has 0 bridgehead atoms. The van der Waals surface area contributed by atoms with Crippen molar-refractivity contribution in [2.24, 2.45) is 0 Å². The lowest BCUT2D eigenvalue weighted by atomic mass is 10.2. The largest absolute Gasteiger partial charge is 0.0895 e. The maximum atomic E-state index is 2.40. The predicted molar refractivity (Wildman–Crippen MR) is 101 cm³/mol. The quantitative estimate of drug-likeness (QED) is 0.443. The molecule has 2 aromatic carbocycles. The molecule has 0 amide bonds. The molecule has 0 saturated heterocycles. The molecule has 3 heteroatoms. The molecule has 0 spiro atoms. The van der Waals surface area contributed by atoms with Gasteiger partial charge in [-0.3, -0.25) is 0 Å². The molecule has 0 aliphatic carbocycles. The Labute approximate surface area is 147 Å². The van der Waals surface area contributed by atoms with Gasteiger partial charge < -0.3 is 0 Å². The first kappa shape index (κ1) is 15.6. The molecule has 0 atom stereocenters. The van der Waals surface area contributed by atoms with Gasteiger partial charge in [0.15, 0.2) is 0 Å². The number of aryl methyl sites for hydroxylation is 4. The average molecular weight is 494 g/mol. The van der Waals surface area contributed by atoms with Gasteiger partial charge in [-0.05, 0) is 119 Å². The van der Waals surface area contributed by atoms with E-state index in [9.17, 15) is 0 Å². The molecule has 0 fully saturated rings. The van der Waals surface area contributed by atoms with Crippen molar-refractivity contribution in [3.8, 4) is 0 Å². The van der Waals surface area contributed by atoms with E-state index in [1.54, 1.807) is 0 Å². The molecule has 0 heterocycles. The topological polar surface area (TPSA) is 0 Å². The Morgan fingerprint density at radius 1 is 0.632 bits per heavy atom. The van der Waals surface area contributed by atoms with Crippen molar-refractivity contribution >= 4 is 56.9 Å². The van der Waals surface area contributed by atoms with Crippen LogP contribution in [0.5, 0.6) is 0 Å². The second kappa shape index (κ2) is 6.35. The molecule has 0 N–H and O–H groups in total. The Hall–Kier alpha value is 0.250. The molecule has 0 saturated carbocycles. The van der Waals surface area contributed by atoms with Crippen molar-refractivity contribution in [2.75, 3.05) is 0 Å². The second-order valence-electron chi connectivity index (χ2n) is 4.84.